The van der Waals surface area contributed by atoms with E-state index in [9.17, 15) is 20.0 Å². The van der Waals surface area contributed by atoms with E-state index in [1.165, 1.54) is 18.2 Å². The van der Waals surface area contributed by atoms with E-state index in [1.807, 2.05) is 13.8 Å². The van der Waals surface area contributed by atoms with Crippen molar-refractivity contribution in [3.63, 3.8) is 0 Å². The molecule has 0 bridgehead atoms. The SMILES string of the molecule is CCC(C)C(C)(O)CNC(=O)c1n[nH]c2ccc([N+](=O)[O-])cc12. The van der Waals surface area contributed by atoms with Gasteiger partial charge in [0, 0.05) is 24.1 Å². The minimum atomic E-state index is -1.04. The number of hydrogen-bond donors (Lipinski definition) is 3. The maximum absolute atomic E-state index is 12.3. The molecule has 0 fully saturated rings. The molecular weight excluding hydrogens is 300 g/mol. The Hall–Kier alpha value is -2.48. The van der Waals surface area contributed by atoms with Crippen molar-refractivity contribution >= 4 is 22.5 Å². The molecule has 0 aliphatic rings. The highest BCUT2D eigenvalue weighted by Gasteiger charge is 2.28. The number of rotatable bonds is 6. The van der Waals surface area contributed by atoms with Gasteiger partial charge in [0.2, 0.25) is 0 Å². The highest BCUT2D eigenvalue weighted by molar-refractivity contribution is 6.05. The van der Waals surface area contributed by atoms with Crippen LogP contribution in [0.1, 0.15) is 37.7 Å². The fraction of sp³-hybridized carbons (Fsp3) is 0.467. The maximum Gasteiger partial charge on any atom is 0.272 e. The first-order valence-electron chi connectivity index (χ1n) is 7.39. The Labute approximate surface area is 133 Å². The summed E-state index contributed by atoms with van der Waals surface area (Å²) < 4.78 is 0. The Morgan fingerprint density at radius 2 is 2.26 bits per heavy atom. The summed E-state index contributed by atoms with van der Waals surface area (Å²) in [7, 11) is 0. The van der Waals surface area contributed by atoms with Crippen LogP contribution in [0.15, 0.2) is 18.2 Å². The van der Waals surface area contributed by atoms with Gasteiger partial charge in [-0.1, -0.05) is 20.3 Å². The van der Waals surface area contributed by atoms with E-state index in [4.69, 9.17) is 0 Å². The maximum atomic E-state index is 12.3. The molecule has 8 heteroatoms. The largest absolute Gasteiger partial charge is 0.388 e. The van der Waals surface area contributed by atoms with Crippen molar-refractivity contribution < 1.29 is 14.8 Å². The Kier molecular flexibility index (Phi) is 4.65. The van der Waals surface area contributed by atoms with E-state index in [2.05, 4.69) is 15.5 Å². The lowest BCUT2D eigenvalue weighted by atomic mass is 9.88. The molecule has 8 nitrogen and oxygen atoms in total. The molecule has 1 aromatic heterocycles. The Morgan fingerprint density at radius 1 is 1.57 bits per heavy atom. The summed E-state index contributed by atoms with van der Waals surface area (Å²) in [6.07, 6.45) is 0.778. The molecule has 124 valence electrons. The normalized spacial score (nSPS) is 15.1. The number of aliphatic hydroxyl groups is 1. The smallest absolute Gasteiger partial charge is 0.272 e. The van der Waals surface area contributed by atoms with Crippen molar-refractivity contribution in [1.29, 1.82) is 0 Å². The molecule has 1 amide bonds. The number of aromatic nitrogens is 2. The van der Waals surface area contributed by atoms with Crippen LogP contribution in [0.25, 0.3) is 10.9 Å². The van der Waals surface area contributed by atoms with Crippen LogP contribution in [0.5, 0.6) is 0 Å². The van der Waals surface area contributed by atoms with Gasteiger partial charge in [-0.2, -0.15) is 5.10 Å². The molecule has 3 N–H and O–H groups in total. The molecule has 2 aromatic rings. The summed E-state index contributed by atoms with van der Waals surface area (Å²) in [5.41, 5.74) is -0.541. The van der Waals surface area contributed by atoms with Crippen LogP contribution in [0.3, 0.4) is 0 Å². The number of carbonyl (C=O) groups is 1. The number of fused-ring (bicyclic) bond motifs is 1. The second-order valence-corrected chi connectivity index (χ2v) is 5.91. The lowest BCUT2D eigenvalue weighted by Gasteiger charge is -2.29. The minimum absolute atomic E-state index is 0.0137. The number of aromatic amines is 1. The summed E-state index contributed by atoms with van der Waals surface area (Å²) in [5.74, 6) is -0.472. The van der Waals surface area contributed by atoms with Gasteiger partial charge in [0.25, 0.3) is 11.6 Å². The van der Waals surface area contributed by atoms with Gasteiger partial charge < -0.3 is 10.4 Å². The van der Waals surface area contributed by atoms with Gasteiger partial charge in [0.05, 0.1) is 16.0 Å². The minimum Gasteiger partial charge on any atom is -0.388 e. The Balaban J connectivity index is 2.21. The van der Waals surface area contributed by atoms with Gasteiger partial charge in [0.15, 0.2) is 5.69 Å². The molecule has 1 aromatic carbocycles. The molecule has 2 unspecified atom stereocenters. The molecular formula is C15H20N4O4. The molecule has 0 radical (unpaired) electrons. The highest BCUT2D eigenvalue weighted by Crippen LogP contribution is 2.23. The number of nitro groups is 1. The van der Waals surface area contributed by atoms with Crippen LogP contribution in [0.2, 0.25) is 0 Å². The molecule has 0 saturated carbocycles. The van der Waals surface area contributed by atoms with Crippen LogP contribution in [-0.4, -0.2) is 38.3 Å². The van der Waals surface area contributed by atoms with Gasteiger partial charge in [-0.25, -0.2) is 0 Å². The van der Waals surface area contributed by atoms with Crippen LogP contribution >= 0.6 is 0 Å². The molecule has 0 aliphatic heterocycles. The monoisotopic (exact) mass is 320 g/mol. The number of nitrogens with zero attached hydrogens (tertiary/aromatic N) is 2. The number of amides is 1. The molecule has 0 spiro atoms. The molecule has 0 aliphatic carbocycles. The van der Waals surface area contributed by atoms with Gasteiger partial charge in [-0.15, -0.1) is 0 Å². The topological polar surface area (TPSA) is 121 Å². The number of benzene rings is 1. The summed E-state index contributed by atoms with van der Waals surface area (Å²) in [5, 5.41) is 30.8. The van der Waals surface area contributed by atoms with Crippen LogP contribution in [0.4, 0.5) is 5.69 Å². The average Bonchev–Trinajstić information content (AvgIpc) is 2.94. The first-order chi connectivity index (χ1) is 10.8. The van der Waals surface area contributed by atoms with E-state index >= 15 is 0 Å². The predicted octanol–water partition coefficient (Wildman–Crippen LogP) is 2.00. The van der Waals surface area contributed by atoms with E-state index < -0.39 is 16.4 Å². The van der Waals surface area contributed by atoms with Crippen molar-refractivity contribution in [2.24, 2.45) is 5.92 Å². The standard InChI is InChI=1S/C15H20N4O4/c1-4-9(2)15(3,21)8-16-14(20)13-11-7-10(19(22)23)5-6-12(11)17-18-13/h5-7,9,21H,4,8H2,1-3H3,(H,16,20)(H,17,18). The summed E-state index contributed by atoms with van der Waals surface area (Å²) in [4.78, 5) is 22.6. The van der Waals surface area contributed by atoms with Crippen molar-refractivity contribution in [2.45, 2.75) is 32.8 Å². The summed E-state index contributed by atoms with van der Waals surface area (Å²) >= 11 is 0. The van der Waals surface area contributed by atoms with Crippen molar-refractivity contribution in [3.8, 4) is 0 Å². The molecule has 2 atom stereocenters. The first-order valence-corrected chi connectivity index (χ1v) is 7.39. The molecule has 1 heterocycles. The zero-order valence-electron chi connectivity index (χ0n) is 13.3. The van der Waals surface area contributed by atoms with Crippen molar-refractivity contribution in [3.05, 3.63) is 34.0 Å². The van der Waals surface area contributed by atoms with Gasteiger partial charge in [-0.05, 0) is 18.9 Å². The number of non-ortho nitro benzene ring substituents is 1. The average molecular weight is 320 g/mol. The van der Waals surface area contributed by atoms with Crippen molar-refractivity contribution in [2.75, 3.05) is 6.54 Å². The van der Waals surface area contributed by atoms with E-state index in [-0.39, 0.29) is 23.8 Å². The number of nitro benzene ring substituents is 1. The zero-order chi connectivity index (χ0) is 17.2. The second kappa shape index (κ2) is 6.33. The second-order valence-electron chi connectivity index (χ2n) is 5.91. The molecule has 2 rings (SSSR count). The first kappa shape index (κ1) is 16.9. The number of hydrogen-bond acceptors (Lipinski definition) is 5. The Morgan fingerprint density at radius 3 is 2.87 bits per heavy atom. The van der Waals surface area contributed by atoms with E-state index in [0.717, 1.165) is 6.42 Å². The van der Waals surface area contributed by atoms with E-state index in [1.54, 1.807) is 6.92 Å². The van der Waals surface area contributed by atoms with Gasteiger partial charge in [0.1, 0.15) is 0 Å². The fourth-order valence-corrected chi connectivity index (χ4v) is 2.25. The number of H-pyrrole nitrogens is 1. The predicted molar refractivity (Wildman–Crippen MR) is 85.2 cm³/mol. The fourth-order valence-electron chi connectivity index (χ4n) is 2.25. The Bertz CT molecular complexity index is 738. The molecule has 23 heavy (non-hydrogen) atoms. The lowest BCUT2D eigenvalue weighted by Crippen LogP contribution is -2.45. The van der Waals surface area contributed by atoms with E-state index in [0.29, 0.717) is 10.9 Å². The number of carbonyl (C=O) groups excluding carboxylic acids is 1. The summed E-state index contributed by atoms with van der Waals surface area (Å²) in [6, 6.07) is 4.16. The van der Waals surface area contributed by atoms with Gasteiger partial charge >= 0.3 is 0 Å². The highest BCUT2D eigenvalue weighted by atomic mass is 16.6. The lowest BCUT2D eigenvalue weighted by molar-refractivity contribution is -0.384. The number of nitrogens with one attached hydrogen (secondary N) is 2. The third-order valence-corrected chi connectivity index (χ3v) is 4.25. The molecule has 0 saturated heterocycles. The quantitative estimate of drug-likeness (QED) is 0.555. The third-order valence-electron chi connectivity index (χ3n) is 4.25. The van der Waals surface area contributed by atoms with Crippen LogP contribution in [-0.2, 0) is 0 Å². The zero-order valence-corrected chi connectivity index (χ0v) is 13.3. The van der Waals surface area contributed by atoms with Crippen LogP contribution in [0, 0.1) is 16.0 Å². The van der Waals surface area contributed by atoms with Gasteiger partial charge in [-0.3, -0.25) is 20.0 Å². The third kappa shape index (κ3) is 3.48. The van der Waals surface area contributed by atoms with Crippen LogP contribution < -0.4 is 5.32 Å². The van der Waals surface area contributed by atoms with Crippen molar-refractivity contribution in [1.82, 2.24) is 15.5 Å². The summed E-state index contributed by atoms with van der Waals surface area (Å²) in [6.45, 7) is 5.60.